The molecule has 4 rings (SSSR count). The lowest BCUT2D eigenvalue weighted by atomic mass is 9.82. The number of hydrogen-bond donors (Lipinski definition) is 1. The van der Waals surface area contributed by atoms with Gasteiger partial charge in [0.2, 0.25) is 0 Å². The summed E-state index contributed by atoms with van der Waals surface area (Å²) >= 11 is 1.67. The quantitative estimate of drug-likeness (QED) is 0.726. The van der Waals surface area contributed by atoms with E-state index in [9.17, 15) is 13.2 Å². The normalized spacial score (nSPS) is 23.8. The van der Waals surface area contributed by atoms with Gasteiger partial charge in [-0.2, -0.15) is 13.2 Å². The summed E-state index contributed by atoms with van der Waals surface area (Å²) < 4.78 is 48.7. The molecule has 0 aromatic carbocycles. The molecule has 7 nitrogen and oxygen atoms in total. The first-order valence-electron chi connectivity index (χ1n) is 9.28. The van der Waals surface area contributed by atoms with Crippen molar-refractivity contribution in [3.05, 3.63) is 40.2 Å². The zero-order chi connectivity index (χ0) is 21.8. The number of nitrogens with zero attached hydrogens (tertiary/aromatic N) is 2. The summed E-state index contributed by atoms with van der Waals surface area (Å²) in [6.45, 7) is 8.06. The van der Waals surface area contributed by atoms with Crippen molar-refractivity contribution >= 4 is 17.3 Å². The number of thiazole rings is 1. The van der Waals surface area contributed by atoms with Crippen LogP contribution < -0.4 is 0 Å². The maximum Gasteiger partial charge on any atom is 0.490 e. The van der Waals surface area contributed by atoms with Gasteiger partial charge in [-0.3, -0.25) is 4.90 Å². The monoisotopic (exact) mass is 448 g/mol. The van der Waals surface area contributed by atoms with Gasteiger partial charge < -0.3 is 19.0 Å². The first-order valence-corrected chi connectivity index (χ1v) is 10.2. The third-order valence-electron chi connectivity index (χ3n) is 5.13. The van der Waals surface area contributed by atoms with Crippen molar-refractivity contribution < 1.29 is 37.0 Å². The molecule has 2 aliphatic heterocycles. The molecule has 0 aliphatic carbocycles. The molecule has 30 heavy (non-hydrogen) atoms. The Morgan fingerprint density at radius 2 is 2.27 bits per heavy atom. The van der Waals surface area contributed by atoms with E-state index in [1.165, 1.54) is 5.56 Å². The molecule has 166 valence electrons. The van der Waals surface area contributed by atoms with Crippen LogP contribution in [0.3, 0.4) is 0 Å². The van der Waals surface area contributed by atoms with Gasteiger partial charge in [-0.15, -0.1) is 11.3 Å². The molecule has 2 aromatic rings. The molecule has 0 radical (unpaired) electrons. The topological polar surface area (TPSA) is 85.0 Å². The first kappa shape index (κ1) is 22.7. The Kier molecular flexibility index (Phi) is 7.17. The summed E-state index contributed by atoms with van der Waals surface area (Å²) in [6, 6.07) is 2.04. The molecule has 0 unspecified atom stereocenters. The van der Waals surface area contributed by atoms with E-state index >= 15 is 0 Å². The minimum Gasteiger partial charge on any atom is -0.475 e. The number of furan rings is 1. The second-order valence-electron chi connectivity index (χ2n) is 7.53. The lowest BCUT2D eigenvalue weighted by Crippen LogP contribution is -2.35. The fourth-order valence-electron chi connectivity index (χ4n) is 3.74. The molecule has 11 heteroatoms. The number of aromatic nitrogens is 1. The van der Waals surface area contributed by atoms with Crippen LogP contribution in [-0.2, 0) is 27.4 Å². The van der Waals surface area contributed by atoms with Gasteiger partial charge in [-0.25, -0.2) is 9.78 Å². The molecular weight excluding hydrogens is 425 g/mol. The highest BCUT2D eigenvalue weighted by Crippen LogP contribution is 2.42. The number of fused-ring (bicyclic) bond motifs is 1. The molecule has 0 amide bonds. The van der Waals surface area contributed by atoms with Crippen molar-refractivity contribution in [3.63, 3.8) is 0 Å². The van der Waals surface area contributed by atoms with Crippen molar-refractivity contribution in [2.24, 2.45) is 11.3 Å². The molecular formula is C19H23F3N2O5S. The summed E-state index contributed by atoms with van der Waals surface area (Å²) in [6.07, 6.45) is -1.51. The Morgan fingerprint density at radius 1 is 1.50 bits per heavy atom. The molecule has 0 bridgehead atoms. The van der Waals surface area contributed by atoms with E-state index in [0.717, 1.165) is 50.2 Å². The minimum absolute atomic E-state index is 0.134. The van der Waals surface area contributed by atoms with Gasteiger partial charge in [0.25, 0.3) is 0 Å². The van der Waals surface area contributed by atoms with E-state index in [1.807, 2.05) is 19.3 Å². The highest BCUT2D eigenvalue weighted by atomic mass is 32.1. The third-order valence-corrected chi connectivity index (χ3v) is 5.95. The maximum absolute atomic E-state index is 10.6. The number of ether oxygens (including phenoxy) is 2. The van der Waals surface area contributed by atoms with Crippen LogP contribution in [0.2, 0.25) is 0 Å². The smallest absolute Gasteiger partial charge is 0.475 e. The summed E-state index contributed by atoms with van der Waals surface area (Å²) in [7, 11) is 0. The van der Waals surface area contributed by atoms with Crippen LogP contribution in [0.4, 0.5) is 13.2 Å². The van der Waals surface area contributed by atoms with Crippen LogP contribution in [0.15, 0.2) is 28.4 Å². The van der Waals surface area contributed by atoms with Gasteiger partial charge in [0.15, 0.2) is 0 Å². The fraction of sp³-hybridized carbons (Fsp3) is 0.579. The summed E-state index contributed by atoms with van der Waals surface area (Å²) in [5, 5.41) is 10.3. The summed E-state index contributed by atoms with van der Waals surface area (Å²) in [4.78, 5) is 15.9. The second-order valence-corrected chi connectivity index (χ2v) is 8.59. The van der Waals surface area contributed by atoms with Crippen molar-refractivity contribution in [2.75, 3.05) is 32.9 Å². The van der Waals surface area contributed by atoms with E-state index < -0.39 is 12.1 Å². The summed E-state index contributed by atoms with van der Waals surface area (Å²) in [5.74, 6) is -2.20. The van der Waals surface area contributed by atoms with Crippen LogP contribution in [0.5, 0.6) is 0 Å². The Bertz CT molecular complexity index is 827. The van der Waals surface area contributed by atoms with Crippen LogP contribution in [0.1, 0.15) is 16.3 Å². The number of hydrogen-bond acceptors (Lipinski definition) is 7. The minimum atomic E-state index is -5.08. The maximum atomic E-state index is 10.6. The van der Waals surface area contributed by atoms with E-state index in [0.29, 0.717) is 12.5 Å². The predicted molar refractivity (Wildman–Crippen MR) is 101 cm³/mol. The lowest BCUT2D eigenvalue weighted by Gasteiger charge is -2.26. The van der Waals surface area contributed by atoms with Crippen LogP contribution in [0.25, 0.3) is 0 Å². The van der Waals surface area contributed by atoms with Gasteiger partial charge in [0, 0.05) is 41.9 Å². The average molecular weight is 448 g/mol. The fourth-order valence-corrected chi connectivity index (χ4v) is 4.34. The zero-order valence-corrected chi connectivity index (χ0v) is 17.2. The van der Waals surface area contributed by atoms with Crippen molar-refractivity contribution in [1.82, 2.24) is 9.88 Å². The number of aliphatic carboxylic acids is 1. The Morgan fingerprint density at radius 3 is 2.87 bits per heavy atom. The van der Waals surface area contributed by atoms with Crippen molar-refractivity contribution in [3.8, 4) is 0 Å². The number of likely N-dealkylation sites (tertiary alicyclic amines) is 1. The third kappa shape index (κ3) is 5.81. The molecule has 2 atom stereocenters. The van der Waals surface area contributed by atoms with Gasteiger partial charge in [0.1, 0.15) is 0 Å². The molecule has 2 fully saturated rings. The number of aryl methyl sites for hydroxylation is 1. The lowest BCUT2D eigenvalue weighted by molar-refractivity contribution is -0.192. The first-order chi connectivity index (χ1) is 14.2. The van der Waals surface area contributed by atoms with Crippen molar-refractivity contribution in [1.29, 1.82) is 0 Å². The van der Waals surface area contributed by atoms with E-state index in [1.54, 1.807) is 17.6 Å². The highest BCUT2D eigenvalue weighted by Gasteiger charge is 2.50. The van der Waals surface area contributed by atoms with Gasteiger partial charge in [-0.1, -0.05) is 0 Å². The number of carboxylic acid groups (broad SMARTS) is 1. The average Bonchev–Trinajstić information content (AvgIpc) is 3.41. The number of halogens is 3. The number of rotatable bonds is 6. The van der Waals surface area contributed by atoms with E-state index in [-0.39, 0.29) is 5.41 Å². The Labute approximate surface area is 175 Å². The molecule has 2 aromatic heterocycles. The molecule has 2 aliphatic rings. The molecule has 1 N–H and O–H groups in total. The Balaban J connectivity index is 0.000000318. The molecule has 2 saturated heterocycles. The molecule has 4 heterocycles. The second kappa shape index (κ2) is 9.46. The van der Waals surface area contributed by atoms with Crippen LogP contribution in [0, 0.1) is 18.3 Å². The van der Waals surface area contributed by atoms with E-state index in [2.05, 4.69) is 15.3 Å². The zero-order valence-electron chi connectivity index (χ0n) is 16.4. The van der Waals surface area contributed by atoms with E-state index in [4.69, 9.17) is 23.8 Å². The Hall–Kier alpha value is -1.95. The standard InChI is InChI=1S/C17H22N2O3S.C2HF3O2/c1-13-18-16(9-23-13)8-22-12-17-10-19(4-14-2-3-20-6-14)5-15(17)7-21-11-17;3-2(4,5)1(6)7/h2-3,6,9,15H,4-5,7-8,10-12H2,1H3;(H,6,7)/t15-,17+;/m1./s1. The van der Waals surface area contributed by atoms with Crippen LogP contribution in [-0.4, -0.2) is 60.0 Å². The number of carboxylic acids is 1. The van der Waals surface area contributed by atoms with Gasteiger partial charge >= 0.3 is 12.1 Å². The molecule has 0 spiro atoms. The summed E-state index contributed by atoms with van der Waals surface area (Å²) in [5.41, 5.74) is 2.40. The number of carbonyl (C=O) groups is 1. The van der Waals surface area contributed by atoms with Gasteiger partial charge in [-0.05, 0) is 13.0 Å². The van der Waals surface area contributed by atoms with Crippen molar-refractivity contribution in [2.45, 2.75) is 26.3 Å². The SMILES string of the molecule is Cc1nc(COC[C@]23COC[C@H]2CN(Cc2ccoc2)C3)cs1.O=C(O)C(F)(F)F. The number of alkyl halides is 3. The molecule has 0 saturated carbocycles. The van der Waals surface area contributed by atoms with Gasteiger partial charge in [0.05, 0.1) is 49.7 Å². The van der Waals surface area contributed by atoms with Crippen LogP contribution >= 0.6 is 11.3 Å². The largest absolute Gasteiger partial charge is 0.490 e. The highest BCUT2D eigenvalue weighted by molar-refractivity contribution is 7.09. The predicted octanol–water partition coefficient (Wildman–Crippen LogP) is 3.34.